The summed E-state index contributed by atoms with van der Waals surface area (Å²) < 4.78 is 16.6. The maximum absolute atomic E-state index is 11.8. The molecule has 0 amide bonds. The summed E-state index contributed by atoms with van der Waals surface area (Å²) in [6.07, 6.45) is 30.6. The van der Waals surface area contributed by atoms with Gasteiger partial charge in [0.05, 0.1) is 19.8 Å². The zero-order valence-corrected chi connectivity index (χ0v) is 24.6. The molecule has 0 heterocycles. The van der Waals surface area contributed by atoms with Crippen LogP contribution in [0.25, 0.3) is 0 Å². The highest BCUT2D eigenvalue weighted by atomic mass is 16.5. The Morgan fingerprint density at radius 1 is 0.389 bits per heavy atom. The van der Waals surface area contributed by atoms with Crippen molar-refractivity contribution in [2.45, 2.75) is 168 Å². The highest BCUT2D eigenvalue weighted by Gasteiger charge is 2.03. The molecule has 0 radical (unpaired) electrons. The molecular weight excluding hydrogens is 448 g/mol. The van der Waals surface area contributed by atoms with Crippen molar-refractivity contribution in [3.05, 3.63) is 0 Å². The number of carbonyl (C=O) groups excluding carboxylic acids is 1. The Bertz CT molecular complexity index is 413. The van der Waals surface area contributed by atoms with E-state index in [-0.39, 0.29) is 5.97 Å². The van der Waals surface area contributed by atoms with Gasteiger partial charge in [-0.05, 0) is 19.3 Å². The lowest BCUT2D eigenvalue weighted by Crippen LogP contribution is -2.09. The fourth-order valence-corrected chi connectivity index (χ4v) is 4.53. The lowest BCUT2D eigenvalue weighted by Gasteiger charge is -2.07. The van der Waals surface area contributed by atoms with Gasteiger partial charge in [0.25, 0.3) is 0 Å². The molecule has 0 saturated heterocycles. The lowest BCUT2D eigenvalue weighted by atomic mass is 10.1. The van der Waals surface area contributed by atoms with Crippen LogP contribution in [-0.2, 0) is 19.0 Å². The third kappa shape index (κ3) is 31.4. The van der Waals surface area contributed by atoms with Gasteiger partial charge in [0, 0.05) is 19.6 Å². The van der Waals surface area contributed by atoms with Gasteiger partial charge in [-0.1, -0.05) is 142 Å². The van der Waals surface area contributed by atoms with Crippen LogP contribution in [0.3, 0.4) is 0 Å². The molecule has 0 aromatic carbocycles. The molecular formula is C32H64O4. The topological polar surface area (TPSA) is 44.8 Å². The molecule has 36 heavy (non-hydrogen) atoms. The first kappa shape index (κ1) is 35.4. The molecule has 0 atom stereocenters. The van der Waals surface area contributed by atoms with Gasteiger partial charge in [0.15, 0.2) is 0 Å². The van der Waals surface area contributed by atoms with Gasteiger partial charge in [-0.25, -0.2) is 0 Å². The largest absolute Gasteiger partial charge is 0.466 e. The number of unbranched alkanes of at least 4 members (excludes halogenated alkanes) is 20. The third-order valence-electron chi connectivity index (χ3n) is 6.94. The van der Waals surface area contributed by atoms with E-state index in [1.54, 1.807) is 0 Å². The molecule has 4 nitrogen and oxygen atoms in total. The maximum atomic E-state index is 11.8. The maximum Gasteiger partial charge on any atom is 0.305 e. The Hall–Kier alpha value is -0.610. The minimum Gasteiger partial charge on any atom is -0.466 e. The fourth-order valence-electron chi connectivity index (χ4n) is 4.53. The number of esters is 1. The summed E-state index contributed by atoms with van der Waals surface area (Å²) >= 11 is 0. The van der Waals surface area contributed by atoms with Crippen LogP contribution in [0.4, 0.5) is 0 Å². The molecule has 0 rings (SSSR count). The predicted octanol–water partition coefficient (Wildman–Crippen LogP) is 9.96. The molecule has 0 aromatic heterocycles. The van der Waals surface area contributed by atoms with Crippen LogP contribution in [0.2, 0.25) is 0 Å². The average molecular weight is 513 g/mol. The monoisotopic (exact) mass is 512 g/mol. The summed E-state index contributed by atoms with van der Waals surface area (Å²) in [4.78, 5) is 11.8. The van der Waals surface area contributed by atoms with Crippen LogP contribution in [0.5, 0.6) is 0 Å². The molecule has 0 aliphatic rings. The molecule has 0 N–H and O–H groups in total. The Balaban J connectivity index is 3.13. The van der Waals surface area contributed by atoms with Gasteiger partial charge < -0.3 is 14.2 Å². The molecule has 0 bridgehead atoms. The third-order valence-corrected chi connectivity index (χ3v) is 6.94. The second kappa shape index (κ2) is 32.4. The summed E-state index contributed by atoms with van der Waals surface area (Å²) in [5.74, 6) is -0.0844. The van der Waals surface area contributed by atoms with Gasteiger partial charge in [-0.15, -0.1) is 0 Å². The number of carbonyl (C=O) groups is 1. The van der Waals surface area contributed by atoms with Crippen LogP contribution < -0.4 is 0 Å². The summed E-state index contributed by atoms with van der Waals surface area (Å²) in [5, 5.41) is 0. The van der Waals surface area contributed by atoms with Crippen LogP contribution >= 0.6 is 0 Å². The summed E-state index contributed by atoms with van der Waals surface area (Å²) in [6, 6.07) is 0. The molecule has 0 aliphatic carbocycles. The minimum atomic E-state index is -0.0844. The van der Waals surface area contributed by atoms with Crippen molar-refractivity contribution in [2.75, 3.05) is 33.0 Å². The molecule has 0 fully saturated rings. The van der Waals surface area contributed by atoms with E-state index in [9.17, 15) is 4.79 Å². The quantitative estimate of drug-likeness (QED) is 0.0684. The normalized spacial score (nSPS) is 11.3. The van der Waals surface area contributed by atoms with Gasteiger partial charge in [-0.3, -0.25) is 4.79 Å². The van der Waals surface area contributed by atoms with E-state index in [1.807, 2.05) is 0 Å². The van der Waals surface area contributed by atoms with E-state index in [2.05, 4.69) is 13.8 Å². The molecule has 4 heteroatoms. The van der Waals surface area contributed by atoms with Gasteiger partial charge in [0.2, 0.25) is 0 Å². The highest BCUT2D eigenvalue weighted by molar-refractivity contribution is 5.69. The first-order chi connectivity index (χ1) is 17.8. The predicted molar refractivity (Wildman–Crippen MR) is 155 cm³/mol. The molecule has 0 unspecified atom stereocenters. The van der Waals surface area contributed by atoms with E-state index < -0.39 is 0 Å². The van der Waals surface area contributed by atoms with Crippen LogP contribution in [0.15, 0.2) is 0 Å². The van der Waals surface area contributed by atoms with Gasteiger partial charge in [0.1, 0.15) is 0 Å². The SMILES string of the molecule is CCCCCCCCCCCCCCOC(=O)CCCOCCOCCCCCCCCCCCC. The number of hydrogen-bond donors (Lipinski definition) is 0. The van der Waals surface area contributed by atoms with Crippen LogP contribution in [0, 0.1) is 0 Å². The zero-order valence-electron chi connectivity index (χ0n) is 24.6. The van der Waals surface area contributed by atoms with Crippen LogP contribution in [-0.4, -0.2) is 39.0 Å². The molecule has 216 valence electrons. The summed E-state index contributed by atoms with van der Waals surface area (Å²) in [7, 11) is 0. The van der Waals surface area contributed by atoms with Crippen molar-refractivity contribution in [3.63, 3.8) is 0 Å². The van der Waals surface area contributed by atoms with E-state index in [0.29, 0.717) is 32.8 Å². The standard InChI is InChI=1S/C32H64O4/c1-3-5-7-9-11-13-15-16-18-20-22-24-29-36-32(33)26-25-28-35-31-30-34-27-23-21-19-17-14-12-10-8-6-4-2/h3-31H2,1-2H3. The molecule has 0 spiro atoms. The van der Waals surface area contributed by atoms with E-state index in [0.717, 1.165) is 25.9 Å². The van der Waals surface area contributed by atoms with Gasteiger partial charge in [-0.2, -0.15) is 0 Å². The van der Waals surface area contributed by atoms with Crippen molar-refractivity contribution in [1.29, 1.82) is 0 Å². The Morgan fingerprint density at radius 2 is 0.722 bits per heavy atom. The van der Waals surface area contributed by atoms with Crippen molar-refractivity contribution in [2.24, 2.45) is 0 Å². The fraction of sp³-hybridized carbons (Fsp3) is 0.969. The minimum absolute atomic E-state index is 0.0844. The second-order valence-corrected chi connectivity index (χ2v) is 10.6. The van der Waals surface area contributed by atoms with Crippen molar-refractivity contribution < 1.29 is 19.0 Å². The molecule has 0 saturated carbocycles. The van der Waals surface area contributed by atoms with Crippen molar-refractivity contribution in [3.8, 4) is 0 Å². The van der Waals surface area contributed by atoms with E-state index in [1.165, 1.54) is 128 Å². The van der Waals surface area contributed by atoms with E-state index in [4.69, 9.17) is 14.2 Å². The first-order valence-corrected chi connectivity index (χ1v) is 16.1. The van der Waals surface area contributed by atoms with Crippen LogP contribution in [0.1, 0.15) is 168 Å². The Kier molecular flexibility index (Phi) is 31.9. The molecule has 0 aliphatic heterocycles. The molecule has 0 aromatic rings. The summed E-state index contributed by atoms with van der Waals surface area (Å²) in [6.45, 7) is 7.83. The summed E-state index contributed by atoms with van der Waals surface area (Å²) in [5.41, 5.74) is 0. The second-order valence-electron chi connectivity index (χ2n) is 10.6. The number of hydrogen-bond acceptors (Lipinski definition) is 4. The average Bonchev–Trinajstić information content (AvgIpc) is 2.88. The van der Waals surface area contributed by atoms with Crippen molar-refractivity contribution >= 4 is 5.97 Å². The lowest BCUT2D eigenvalue weighted by molar-refractivity contribution is -0.144. The zero-order chi connectivity index (χ0) is 26.2. The number of rotatable bonds is 31. The first-order valence-electron chi connectivity index (χ1n) is 16.1. The number of ether oxygens (including phenoxy) is 3. The smallest absolute Gasteiger partial charge is 0.305 e. The highest BCUT2D eigenvalue weighted by Crippen LogP contribution is 2.12. The van der Waals surface area contributed by atoms with Crippen molar-refractivity contribution in [1.82, 2.24) is 0 Å². The Labute approximate surface area is 226 Å². The Morgan fingerprint density at radius 3 is 1.14 bits per heavy atom. The van der Waals surface area contributed by atoms with E-state index >= 15 is 0 Å². The van der Waals surface area contributed by atoms with Gasteiger partial charge >= 0.3 is 5.97 Å².